The van der Waals surface area contributed by atoms with Crippen molar-refractivity contribution < 1.29 is 12.8 Å². The number of sulfonamides is 1. The Kier molecular flexibility index (Phi) is 5.27. The average Bonchev–Trinajstić information content (AvgIpc) is 2.83. The van der Waals surface area contributed by atoms with Crippen molar-refractivity contribution in [3.63, 3.8) is 0 Å². The number of hydrogen-bond donors (Lipinski definition) is 0. The molecule has 0 saturated carbocycles. The second-order valence-electron chi connectivity index (χ2n) is 4.37. The lowest BCUT2D eigenvalue weighted by Crippen LogP contribution is -2.27. The fraction of sp³-hybridized carbons (Fsp3) is 0.231. The molecule has 2 rings (SSSR count). The van der Waals surface area contributed by atoms with Crippen LogP contribution in [0.4, 0.5) is 4.39 Å². The Bertz CT molecular complexity index is 746. The van der Waals surface area contributed by atoms with E-state index in [0.717, 1.165) is 15.2 Å². The lowest BCUT2D eigenvalue weighted by atomic mass is 10.2. The molecule has 0 aliphatic rings. The second-order valence-corrected chi connectivity index (χ2v) is 8.45. The van der Waals surface area contributed by atoms with Crippen LogP contribution in [0.2, 0.25) is 4.34 Å². The summed E-state index contributed by atoms with van der Waals surface area (Å²) in [5, 5.41) is 0. The molecule has 0 bridgehead atoms. The fourth-order valence-electron chi connectivity index (χ4n) is 1.75. The Labute approximate surface area is 137 Å². The van der Waals surface area contributed by atoms with Gasteiger partial charge in [0.05, 0.1) is 4.34 Å². The normalized spacial score (nSPS) is 12.0. The molecule has 8 heteroatoms. The molecule has 21 heavy (non-hydrogen) atoms. The van der Waals surface area contributed by atoms with Gasteiger partial charge in [0.1, 0.15) is 10.7 Å². The minimum atomic E-state index is -3.90. The third-order valence-corrected chi connectivity index (χ3v) is 6.21. The summed E-state index contributed by atoms with van der Waals surface area (Å²) in [4.78, 5) is 0.422. The topological polar surface area (TPSA) is 37.4 Å². The predicted octanol–water partition coefficient (Wildman–Crippen LogP) is 4.10. The molecule has 0 spiro atoms. The van der Waals surface area contributed by atoms with Crippen LogP contribution in [0.25, 0.3) is 0 Å². The van der Waals surface area contributed by atoms with E-state index in [4.69, 9.17) is 23.2 Å². The van der Waals surface area contributed by atoms with E-state index in [-0.39, 0.29) is 17.3 Å². The van der Waals surface area contributed by atoms with Crippen LogP contribution < -0.4 is 0 Å². The number of nitrogens with zero attached hydrogens (tertiary/aromatic N) is 1. The zero-order valence-electron chi connectivity index (χ0n) is 11.0. The van der Waals surface area contributed by atoms with Gasteiger partial charge >= 0.3 is 0 Å². The Morgan fingerprint density at radius 2 is 2.00 bits per heavy atom. The molecule has 1 aromatic carbocycles. The van der Waals surface area contributed by atoms with Gasteiger partial charge in [-0.05, 0) is 29.8 Å². The van der Waals surface area contributed by atoms with E-state index in [1.54, 1.807) is 12.1 Å². The van der Waals surface area contributed by atoms with Gasteiger partial charge in [0.2, 0.25) is 10.0 Å². The summed E-state index contributed by atoms with van der Waals surface area (Å²) in [7, 11) is -2.50. The van der Waals surface area contributed by atoms with Gasteiger partial charge in [-0.1, -0.05) is 17.7 Å². The zero-order valence-corrected chi connectivity index (χ0v) is 14.2. The summed E-state index contributed by atoms with van der Waals surface area (Å²) in [6.07, 6.45) is 0. The number of alkyl halides is 1. The number of rotatable bonds is 5. The molecule has 2 aromatic rings. The second kappa shape index (κ2) is 6.62. The largest absolute Gasteiger partial charge is 0.246 e. The van der Waals surface area contributed by atoms with E-state index >= 15 is 0 Å². The summed E-state index contributed by atoms with van der Waals surface area (Å²) in [6.45, 7) is 0.135. The van der Waals surface area contributed by atoms with Crippen molar-refractivity contribution in [3.8, 4) is 0 Å². The molecule has 1 aromatic heterocycles. The van der Waals surface area contributed by atoms with Crippen LogP contribution in [0.5, 0.6) is 0 Å². The van der Waals surface area contributed by atoms with Crippen molar-refractivity contribution in [1.82, 2.24) is 4.31 Å². The summed E-state index contributed by atoms with van der Waals surface area (Å²) in [6, 6.07) is 7.30. The molecule has 1 heterocycles. The van der Waals surface area contributed by atoms with Crippen LogP contribution in [0.1, 0.15) is 10.4 Å². The highest BCUT2D eigenvalue weighted by molar-refractivity contribution is 7.89. The lowest BCUT2D eigenvalue weighted by molar-refractivity contribution is 0.462. The van der Waals surface area contributed by atoms with Gasteiger partial charge in [-0.15, -0.1) is 22.9 Å². The molecular formula is C13H12Cl2FNO2S2. The summed E-state index contributed by atoms with van der Waals surface area (Å²) in [5.74, 6) is -0.676. The number of thiophene rings is 1. The summed E-state index contributed by atoms with van der Waals surface area (Å²) < 4.78 is 40.4. The first-order valence-corrected chi connectivity index (χ1v) is 9.06. The molecule has 0 atom stereocenters. The standard InChI is InChI=1S/C13H12Cl2FNO2S2/c1-17(8-10-3-5-13(15)20-10)21(18,19)12-4-2-9(7-14)6-11(12)16/h2-6H,7-8H2,1H3. The van der Waals surface area contributed by atoms with Gasteiger partial charge < -0.3 is 0 Å². The van der Waals surface area contributed by atoms with Crippen LogP contribution in [0.15, 0.2) is 35.2 Å². The van der Waals surface area contributed by atoms with Crippen molar-refractivity contribution >= 4 is 44.6 Å². The highest BCUT2D eigenvalue weighted by Gasteiger charge is 2.25. The maximum Gasteiger partial charge on any atom is 0.246 e. The quantitative estimate of drug-likeness (QED) is 0.746. The van der Waals surface area contributed by atoms with Crippen LogP contribution >= 0.6 is 34.5 Å². The Morgan fingerprint density at radius 3 is 2.52 bits per heavy atom. The molecule has 0 saturated heterocycles. The van der Waals surface area contributed by atoms with Gasteiger partial charge in [0.25, 0.3) is 0 Å². The van der Waals surface area contributed by atoms with Crippen molar-refractivity contribution in [3.05, 3.63) is 50.9 Å². The smallest absolute Gasteiger partial charge is 0.207 e. The molecule has 0 N–H and O–H groups in total. The maximum absolute atomic E-state index is 14.0. The number of halogens is 3. The molecule has 3 nitrogen and oxygen atoms in total. The molecule has 114 valence electrons. The highest BCUT2D eigenvalue weighted by Crippen LogP contribution is 2.26. The van der Waals surface area contributed by atoms with Crippen molar-refractivity contribution in [2.45, 2.75) is 17.3 Å². The van der Waals surface area contributed by atoms with Crippen LogP contribution in [-0.2, 0) is 22.4 Å². The van der Waals surface area contributed by atoms with Crippen molar-refractivity contribution in [2.75, 3.05) is 7.05 Å². The number of hydrogen-bond acceptors (Lipinski definition) is 3. The van der Waals surface area contributed by atoms with E-state index in [1.807, 2.05) is 0 Å². The van der Waals surface area contributed by atoms with Crippen LogP contribution in [0, 0.1) is 5.82 Å². The van der Waals surface area contributed by atoms with Crippen molar-refractivity contribution in [1.29, 1.82) is 0 Å². The zero-order chi connectivity index (χ0) is 15.6. The lowest BCUT2D eigenvalue weighted by Gasteiger charge is -2.17. The van der Waals surface area contributed by atoms with E-state index in [2.05, 4.69) is 0 Å². The monoisotopic (exact) mass is 367 g/mol. The van der Waals surface area contributed by atoms with Gasteiger partial charge in [-0.25, -0.2) is 12.8 Å². The third kappa shape index (κ3) is 3.76. The molecule has 0 fully saturated rings. The van der Waals surface area contributed by atoms with Crippen molar-refractivity contribution in [2.24, 2.45) is 0 Å². The third-order valence-electron chi connectivity index (χ3n) is 2.85. The molecule has 0 radical (unpaired) electrons. The Morgan fingerprint density at radius 1 is 1.29 bits per heavy atom. The molecule has 0 amide bonds. The highest BCUT2D eigenvalue weighted by atomic mass is 35.5. The molecule has 0 aliphatic carbocycles. The fourth-order valence-corrected chi connectivity index (χ4v) is 4.32. The molecular weight excluding hydrogens is 356 g/mol. The van der Waals surface area contributed by atoms with Crippen LogP contribution in [0.3, 0.4) is 0 Å². The Balaban J connectivity index is 2.28. The first-order chi connectivity index (χ1) is 9.84. The van der Waals surface area contributed by atoms with Gasteiger partial charge in [0, 0.05) is 24.3 Å². The van der Waals surface area contributed by atoms with E-state index < -0.39 is 15.8 Å². The molecule has 0 aliphatic heterocycles. The number of benzene rings is 1. The first-order valence-electron chi connectivity index (χ1n) is 5.89. The van der Waals surface area contributed by atoms with Crippen LogP contribution in [-0.4, -0.2) is 19.8 Å². The summed E-state index contributed by atoms with van der Waals surface area (Å²) >= 11 is 12.7. The first kappa shape index (κ1) is 16.7. The summed E-state index contributed by atoms with van der Waals surface area (Å²) in [5.41, 5.74) is 0.529. The minimum Gasteiger partial charge on any atom is -0.207 e. The minimum absolute atomic E-state index is 0.126. The van der Waals surface area contributed by atoms with Gasteiger partial charge in [-0.3, -0.25) is 0 Å². The maximum atomic E-state index is 14.0. The SMILES string of the molecule is CN(Cc1ccc(Cl)s1)S(=O)(=O)c1ccc(CCl)cc1F. The van der Waals surface area contributed by atoms with E-state index in [0.29, 0.717) is 9.90 Å². The average molecular weight is 368 g/mol. The van der Waals surface area contributed by atoms with E-state index in [1.165, 1.54) is 30.5 Å². The van der Waals surface area contributed by atoms with Gasteiger partial charge in [0.15, 0.2) is 0 Å². The molecule has 0 unspecified atom stereocenters. The predicted molar refractivity (Wildman–Crippen MR) is 83.9 cm³/mol. The Hall–Kier alpha value is -0.660. The van der Waals surface area contributed by atoms with E-state index in [9.17, 15) is 12.8 Å². The van der Waals surface area contributed by atoms with Gasteiger partial charge in [-0.2, -0.15) is 4.31 Å².